The second-order valence-corrected chi connectivity index (χ2v) is 6.64. The fourth-order valence-electron chi connectivity index (χ4n) is 3.85. The predicted molar refractivity (Wildman–Crippen MR) is 78.9 cm³/mol. The molecule has 2 aliphatic rings. The molecule has 2 heteroatoms. The Hall–Kier alpha value is -0.0800. The molecule has 2 fully saturated rings. The molecule has 1 aliphatic heterocycles. The zero-order chi connectivity index (χ0) is 12.8. The molecule has 0 spiro atoms. The standard InChI is InChI=1S/C16H32N2/c1-13(12-16-10-7-11-17-16)18-14(2)15-8-5-3-4-6-9-15/h13-18H,3-12H2,1-2H3/t13?,14-,16?/m1/s1. The Morgan fingerprint density at radius 3 is 2.33 bits per heavy atom. The van der Waals surface area contributed by atoms with Crippen LogP contribution in [0.2, 0.25) is 0 Å². The lowest BCUT2D eigenvalue weighted by Gasteiger charge is -2.28. The van der Waals surface area contributed by atoms with E-state index >= 15 is 0 Å². The molecule has 2 unspecified atom stereocenters. The van der Waals surface area contributed by atoms with Gasteiger partial charge in [0, 0.05) is 18.1 Å². The first kappa shape index (κ1) is 14.3. The maximum Gasteiger partial charge on any atom is 0.00822 e. The van der Waals surface area contributed by atoms with Gasteiger partial charge in [0.25, 0.3) is 0 Å². The topological polar surface area (TPSA) is 24.1 Å². The number of rotatable bonds is 5. The van der Waals surface area contributed by atoms with Crippen molar-refractivity contribution in [2.45, 2.75) is 89.8 Å². The van der Waals surface area contributed by atoms with Crippen molar-refractivity contribution in [3.63, 3.8) is 0 Å². The monoisotopic (exact) mass is 252 g/mol. The molecular formula is C16H32N2. The highest BCUT2D eigenvalue weighted by Gasteiger charge is 2.22. The first-order valence-corrected chi connectivity index (χ1v) is 8.25. The zero-order valence-corrected chi connectivity index (χ0v) is 12.4. The molecule has 0 radical (unpaired) electrons. The highest BCUT2D eigenvalue weighted by Crippen LogP contribution is 2.26. The smallest absolute Gasteiger partial charge is 0.00822 e. The van der Waals surface area contributed by atoms with Crippen molar-refractivity contribution in [1.82, 2.24) is 10.6 Å². The molecule has 0 aromatic heterocycles. The van der Waals surface area contributed by atoms with Gasteiger partial charge in [-0.2, -0.15) is 0 Å². The van der Waals surface area contributed by atoms with Crippen LogP contribution in [0, 0.1) is 5.92 Å². The van der Waals surface area contributed by atoms with Gasteiger partial charge in [-0.25, -0.2) is 0 Å². The van der Waals surface area contributed by atoms with Gasteiger partial charge in [0.1, 0.15) is 0 Å². The van der Waals surface area contributed by atoms with Gasteiger partial charge in [0.2, 0.25) is 0 Å². The van der Waals surface area contributed by atoms with Crippen LogP contribution in [-0.4, -0.2) is 24.7 Å². The molecule has 0 aromatic rings. The van der Waals surface area contributed by atoms with Gasteiger partial charge < -0.3 is 10.6 Å². The average Bonchev–Trinajstić information content (AvgIpc) is 2.68. The van der Waals surface area contributed by atoms with Gasteiger partial charge in [0.15, 0.2) is 0 Å². The van der Waals surface area contributed by atoms with Crippen molar-refractivity contribution in [2.75, 3.05) is 6.54 Å². The summed E-state index contributed by atoms with van der Waals surface area (Å²) >= 11 is 0. The summed E-state index contributed by atoms with van der Waals surface area (Å²) in [6, 6.07) is 2.15. The van der Waals surface area contributed by atoms with Gasteiger partial charge in [-0.3, -0.25) is 0 Å². The lowest BCUT2D eigenvalue weighted by molar-refractivity contribution is 0.300. The minimum atomic E-state index is 0.666. The van der Waals surface area contributed by atoms with E-state index in [1.807, 2.05) is 0 Å². The van der Waals surface area contributed by atoms with Crippen LogP contribution in [0.15, 0.2) is 0 Å². The molecule has 0 amide bonds. The van der Waals surface area contributed by atoms with E-state index in [-0.39, 0.29) is 0 Å². The van der Waals surface area contributed by atoms with Crippen molar-refractivity contribution in [3.8, 4) is 0 Å². The summed E-state index contributed by atoms with van der Waals surface area (Å²) < 4.78 is 0. The largest absolute Gasteiger partial charge is 0.314 e. The van der Waals surface area contributed by atoms with Gasteiger partial charge in [-0.05, 0) is 58.4 Å². The van der Waals surface area contributed by atoms with Crippen LogP contribution in [-0.2, 0) is 0 Å². The minimum Gasteiger partial charge on any atom is -0.314 e. The number of hydrogen-bond acceptors (Lipinski definition) is 2. The summed E-state index contributed by atoms with van der Waals surface area (Å²) in [6.07, 6.45) is 12.8. The Morgan fingerprint density at radius 1 is 1.00 bits per heavy atom. The van der Waals surface area contributed by atoms with E-state index in [1.165, 1.54) is 64.3 Å². The first-order valence-electron chi connectivity index (χ1n) is 8.25. The fourth-order valence-corrected chi connectivity index (χ4v) is 3.85. The third kappa shape index (κ3) is 4.55. The predicted octanol–water partition coefficient (Wildman–Crippen LogP) is 3.47. The van der Waals surface area contributed by atoms with Gasteiger partial charge in [0.05, 0.1) is 0 Å². The molecule has 1 aliphatic carbocycles. The van der Waals surface area contributed by atoms with Crippen LogP contribution in [0.25, 0.3) is 0 Å². The Labute approximate surface area is 113 Å². The quantitative estimate of drug-likeness (QED) is 0.732. The van der Waals surface area contributed by atoms with E-state index in [2.05, 4.69) is 24.5 Å². The molecule has 2 N–H and O–H groups in total. The molecule has 106 valence electrons. The Morgan fingerprint density at radius 2 is 1.72 bits per heavy atom. The van der Waals surface area contributed by atoms with Crippen LogP contribution in [0.3, 0.4) is 0 Å². The van der Waals surface area contributed by atoms with Gasteiger partial charge >= 0.3 is 0 Å². The minimum absolute atomic E-state index is 0.666. The summed E-state index contributed by atoms with van der Waals surface area (Å²) in [5.41, 5.74) is 0. The van der Waals surface area contributed by atoms with Gasteiger partial charge in [-0.1, -0.05) is 25.7 Å². The normalized spacial score (nSPS) is 30.0. The lowest BCUT2D eigenvalue weighted by Crippen LogP contribution is -2.42. The molecule has 0 bridgehead atoms. The van der Waals surface area contributed by atoms with Crippen molar-refractivity contribution in [3.05, 3.63) is 0 Å². The van der Waals surface area contributed by atoms with Crippen LogP contribution >= 0.6 is 0 Å². The summed E-state index contributed by atoms with van der Waals surface area (Å²) in [4.78, 5) is 0. The third-order valence-corrected chi connectivity index (χ3v) is 4.95. The molecule has 18 heavy (non-hydrogen) atoms. The maximum atomic E-state index is 3.86. The number of nitrogens with one attached hydrogen (secondary N) is 2. The molecule has 2 rings (SSSR count). The summed E-state index contributed by atoms with van der Waals surface area (Å²) in [5.74, 6) is 0.923. The van der Waals surface area contributed by atoms with Crippen LogP contribution < -0.4 is 10.6 Å². The van der Waals surface area contributed by atoms with E-state index in [4.69, 9.17) is 0 Å². The summed E-state index contributed by atoms with van der Waals surface area (Å²) in [7, 11) is 0. The SMILES string of the molecule is CC(CC1CCCN1)N[C@H](C)C1CCCCCC1. The van der Waals surface area contributed by atoms with Crippen LogP contribution in [0.1, 0.15) is 71.6 Å². The second kappa shape index (κ2) is 7.49. The third-order valence-electron chi connectivity index (χ3n) is 4.95. The van der Waals surface area contributed by atoms with E-state index in [1.54, 1.807) is 0 Å². The molecule has 1 saturated heterocycles. The zero-order valence-electron chi connectivity index (χ0n) is 12.4. The molecular weight excluding hydrogens is 220 g/mol. The van der Waals surface area contributed by atoms with Crippen LogP contribution in [0.5, 0.6) is 0 Å². The average molecular weight is 252 g/mol. The van der Waals surface area contributed by atoms with E-state index < -0.39 is 0 Å². The first-order chi connectivity index (χ1) is 8.75. The highest BCUT2D eigenvalue weighted by molar-refractivity contribution is 4.82. The Bertz CT molecular complexity index is 215. The highest BCUT2D eigenvalue weighted by atomic mass is 15.0. The van der Waals surface area contributed by atoms with E-state index in [0.717, 1.165) is 12.0 Å². The molecule has 3 atom stereocenters. The molecule has 1 saturated carbocycles. The summed E-state index contributed by atoms with van der Waals surface area (Å²) in [5, 5.41) is 7.47. The van der Waals surface area contributed by atoms with Gasteiger partial charge in [-0.15, -0.1) is 0 Å². The van der Waals surface area contributed by atoms with Crippen molar-refractivity contribution >= 4 is 0 Å². The Balaban J connectivity index is 1.69. The molecule has 2 nitrogen and oxygen atoms in total. The second-order valence-electron chi connectivity index (χ2n) is 6.64. The van der Waals surface area contributed by atoms with Crippen molar-refractivity contribution < 1.29 is 0 Å². The maximum absolute atomic E-state index is 3.86. The number of hydrogen-bond donors (Lipinski definition) is 2. The molecule has 0 aromatic carbocycles. The molecule has 1 heterocycles. The van der Waals surface area contributed by atoms with Crippen molar-refractivity contribution in [1.29, 1.82) is 0 Å². The van der Waals surface area contributed by atoms with E-state index in [9.17, 15) is 0 Å². The van der Waals surface area contributed by atoms with E-state index in [0.29, 0.717) is 12.1 Å². The lowest BCUT2D eigenvalue weighted by atomic mass is 9.92. The Kier molecular flexibility index (Phi) is 5.97. The fraction of sp³-hybridized carbons (Fsp3) is 1.00. The van der Waals surface area contributed by atoms with Crippen molar-refractivity contribution in [2.24, 2.45) is 5.92 Å². The van der Waals surface area contributed by atoms with Crippen LogP contribution in [0.4, 0.5) is 0 Å². The summed E-state index contributed by atoms with van der Waals surface area (Å²) in [6.45, 7) is 6.01.